The van der Waals surface area contributed by atoms with E-state index in [1.165, 1.54) is 24.0 Å². The van der Waals surface area contributed by atoms with Crippen LogP contribution in [0.1, 0.15) is 18.4 Å². The van der Waals surface area contributed by atoms with Gasteiger partial charge in [0.05, 0.1) is 5.69 Å². The maximum atomic E-state index is 3.98. The molecule has 0 aliphatic carbocycles. The van der Waals surface area contributed by atoms with Gasteiger partial charge in [0, 0.05) is 18.8 Å². The summed E-state index contributed by atoms with van der Waals surface area (Å²) in [4.78, 5) is 0. The molecule has 0 radical (unpaired) electrons. The fourth-order valence-corrected chi connectivity index (χ4v) is 2.51. The summed E-state index contributed by atoms with van der Waals surface area (Å²) in [5.41, 5.74) is 3.59. The van der Waals surface area contributed by atoms with Crippen LogP contribution in [0.5, 0.6) is 0 Å². The minimum absolute atomic E-state index is 0.661. The Morgan fingerprint density at radius 2 is 1.89 bits per heavy atom. The molecule has 2 aromatic rings. The lowest BCUT2D eigenvalue weighted by atomic mass is 10.1. The summed E-state index contributed by atoms with van der Waals surface area (Å²) in [6.07, 6.45) is 4.24. The molecule has 4 nitrogen and oxygen atoms in total. The number of hydrogen-bond acceptors (Lipinski definition) is 3. The largest absolute Gasteiger partial charge is 0.317 e. The third-order valence-electron chi connectivity index (χ3n) is 3.70. The van der Waals surface area contributed by atoms with E-state index in [0.717, 1.165) is 25.3 Å². The first-order valence-electron chi connectivity index (χ1n) is 6.94. The smallest absolute Gasteiger partial charge is 0.0650 e. The molecule has 19 heavy (non-hydrogen) atoms. The van der Waals surface area contributed by atoms with Gasteiger partial charge in [-0.3, -0.25) is 5.10 Å². The topological polar surface area (TPSA) is 52.7 Å². The first kappa shape index (κ1) is 12.4. The highest BCUT2D eigenvalue weighted by molar-refractivity contribution is 5.58. The molecule has 1 aromatic carbocycles. The van der Waals surface area contributed by atoms with E-state index in [1.54, 1.807) is 6.20 Å². The van der Waals surface area contributed by atoms with Crippen LogP contribution in [0.25, 0.3) is 11.3 Å². The van der Waals surface area contributed by atoms with Crippen LogP contribution in [0.3, 0.4) is 0 Å². The van der Waals surface area contributed by atoms with E-state index in [-0.39, 0.29) is 0 Å². The van der Waals surface area contributed by atoms with Crippen molar-refractivity contribution >= 4 is 0 Å². The van der Waals surface area contributed by atoms with E-state index in [4.69, 9.17) is 0 Å². The number of benzene rings is 1. The summed E-state index contributed by atoms with van der Waals surface area (Å²) in [5, 5.41) is 14.0. The Balaban J connectivity index is 1.57. The molecule has 1 fully saturated rings. The fraction of sp³-hybridized carbons (Fsp3) is 0.400. The minimum atomic E-state index is 0.661. The number of hydrogen-bond donors (Lipinski definition) is 3. The van der Waals surface area contributed by atoms with E-state index in [2.05, 4.69) is 45.1 Å². The highest BCUT2D eigenvalue weighted by Gasteiger charge is 2.11. The number of aromatic nitrogens is 2. The summed E-state index contributed by atoms with van der Waals surface area (Å²) < 4.78 is 0. The normalized spacial score (nSPS) is 16.6. The standard InChI is InChI=1S/C15H20N4/c1-3-13(15-7-10-18-19-15)4-2-12(1)11-17-14-5-8-16-9-6-14/h1-4,7,10,14,16-17H,5-6,8-9,11H2,(H,18,19). The van der Waals surface area contributed by atoms with Crippen molar-refractivity contribution in [1.29, 1.82) is 0 Å². The molecule has 0 spiro atoms. The quantitative estimate of drug-likeness (QED) is 0.783. The van der Waals surface area contributed by atoms with Crippen LogP contribution in [0.4, 0.5) is 0 Å². The Bertz CT molecular complexity index is 483. The van der Waals surface area contributed by atoms with Crippen LogP contribution < -0.4 is 10.6 Å². The third-order valence-corrected chi connectivity index (χ3v) is 3.70. The zero-order chi connectivity index (χ0) is 12.9. The Morgan fingerprint density at radius 1 is 1.11 bits per heavy atom. The van der Waals surface area contributed by atoms with Gasteiger partial charge < -0.3 is 10.6 Å². The molecule has 1 aliphatic heterocycles. The number of nitrogens with one attached hydrogen (secondary N) is 3. The summed E-state index contributed by atoms with van der Waals surface area (Å²) in [5.74, 6) is 0. The lowest BCUT2D eigenvalue weighted by Crippen LogP contribution is -2.39. The molecule has 4 heteroatoms. The van der Waals surface area contributed by atoms with Gasteiger partial charge in [-0.15, -0.1) is 0 Å². The predicted octanol–water partition coefficient (Wildman–Crippen LogP) is 1.92. The average molecular weight is 256 g/mol. The zero-order valence-electron chi connectivity index (χ0n) is 11.0. The Labute approximate surface area is 113 Å². The second-order valence-corrected chi connectivity index (χ2v) is 5.07. The van der Waals surface area contributed by atoms with Crippen molar-refractivity contribution in [1.82, 2.24) is 20.8 Å². The van der Waals surface area contributed by atoms with E-state index in [0.29, 0.717) is 6.04 Å². The first-order valence-corrected chi connectivity index (χ1v) is 6.94. The Kier molecular flexibility index (Phi) is 3.91. The molecule has 2 heterocycles. The molecule has 3 N–H and O–H groups in total. The van der Waals surface area contributed by atoms with Crippen molar-refractivity contribution in [3.05, 3.63) is 42.1 Å². The van der Waals surface area contributed by atoms with E-state index < -0.39 is 0 Å². The number of rotatable bonds is 4. The zero-order valence-corrected chi connectivity index (χ0v) is 11.0. The summed E-state index contributed by atoms with van der Waals surface area (Å²) in [6, 6.07) is 11.3. The van der Waals surface area contributed by atoms with Crippen LogP contribution >= 0.6 is 0 Å². The van der Waals surface area contributed by atoms with Gasteiger partial charge in [0.15, 0.2) is 0 Å². The van der Waals surface area contributed by atoms with Gasteiger partial charge in [-0.2, -0.15) is 5.10 Å². The van der Waals surface area contributed by atoms with Crippen molar-refractivity contribution in [2.24, 2.45) is 0 Å². The molecule has 3 rings (SSSR count). The van der Waals surface area contributed by atoms with Crippen molar-refractivity contribution < 1.29 is 0 Å². The molecule has 100 valence electrons. The fourth-order valence-electron chi connectivity index (χ4n) is 2.51. The SMILES string of the molecule is c1cc(-c2ccc(CNC3CCNCC3)cc2)[nH]n1. The van der Waals surface area contributed by atoms with Crippen molar-refractivity contribution in [2.45, 2.75) is 25.4 Å². The maximum Gasteiger partial charge on any atom is 0.0650 e. The van der Waals surface area contributed by atoms with Crippen LogP contribution in [0.2, 0.25) is 0 Å². The van der Waals surface area contributed by atoms with Gasteiger partial charge in [-0.05, 0) is 43.1 Å². The first-order chi connectivity index (χ1) is 9.42. The monoisotopic (exact) mass is 256 g/mol. The van der Waals surface area contributed by atoms with Gasteiger partial charge in [-0.1, -0.05) is 24.3 Å². The van der Waals surface area contributed by atoms with Crippen molar-refractivity contribution in [3.8, 4) is 11.3 Å². The van der Waals surface area contributed by atoms with Gasteiger partial charge in [-0.25, -0.2) is 0 Å². The molecule has 1 saturated heterocycles. The van der Waals surface area contributed by atoms with E-state index >= 15 is 0 Å². The number of nitrogens with zero attached hydrogens (tertiary/aromatic N) is 1. The highest BCUT2D eigenvalue weighted by atomic mass is 15.1. The van der Waals surface area contributed by atoms with Crippen LogP contribution in [0.15, 0.2) is 36.5 Å². The third kappa shape index (κ3) is 3.22. The summed E-state index contributed by atoms with van der Waals surface area (Å²) in [6.45, 7) is 3.22. The van der Waals surface area contributed by atoms with Gasteiger partial charge >= 0.3 is 0 Å². The lowest BCUT2D eigenvalue weighted by Gasteiger charge is -2.23. The Hall–Kier alpha value is -1.65. The van der Waals surface area contributed by atoms with Gasteiger partial charge in [0.2, 0.25) is 0 Å². The molecule has 0 bridgehead atoms. The maximum absolute atomic E-state index is 3.98. The number of H-pyrrole nitrogens is 1. The van der Waals surface area contributed by atoms with E-state index in [9.17, 15) is 0 Å². The Morgan fingerprint density at radius 3 is 2.58 bits per heavy atom. The van der Waals surface area contributed by atoms with Crippen LogP contribution in [-0.2, 0) is 6.54 Å². The lowest BCUT2D eigenvalue weighted by molar-refractivity contribution is 0.386. The highest BCUT2D eigenvalue weighted by Crippen LogP contribution is 2.16. The van der Waals surface area contributed by atoms with E-state index in [1.807, 2.05) is 6.07 Å². The van der Waals surface area contributed by atoms with Gasteiger partial charge in [0.1, 0.15) is 0 Å². The van der Waals surface area contributed by atoms with Crippen LogP contribution in [-0.4, -0.2) is 29.3 Å². The van der Waals surface area contributed by atoms with Crippen LogP contribution in [0, 0.1) is 0 Å². The molecular weight excluding hydrogens is 236 g/mol. The molecule has 1 aromatic heterocycles. The molecule has 0 unspecified atom stereocenters. The second kappa shape index (κ2) is 5.99. The molecule has 0 saturated carbocycles. The average Bonchev–Trinajstić information content (AvgIpc) is 3.01. The molecule has 0 amide bonds. The summed E-state index contributed by atoms with van der Waals surface area (Å²) in [7, 11) is 0. The second-order valence-electron chi connectivity index (χ2n) is 5.07. The number of aromatic amines is 1. The van der Waals surface area contributed by atoms with Gasteiger partial charge in [0.25, 0.3) is 0 Å². The number of piperidine rings is 1. The molecule has 1 aliphatic rings. The van der Waals surface area contributed by atoms with Crippen molar-refractivity contribution in [2.75, 3.05) is 13.1 Å². The predicted molar refractivity (Wildman–Crippen MR) is 76.8 cm³/mol. The van der Waals surface area contributed by atoms with Crippen molar-refractivity contribution in [3.63, 3.8) is 0 Å². The summed E-state index contributed by atoms with van der Waals surface area (Å²) >= 11 is 0. The minimum Gasteiger partial charge on any atom is -0.317 e. The molecular formula is C15H20N4. The molecule has 0 atom stereocenters.